The third-order valence-electron chi connectivity index (χ3n) is 4.49. The van der Waals surface area contributed by atoms with Crippen LogP contribution in [0.5, 0.6) is 0 Å². The molecule has 106 valence electrons. The number of H-pyrrole nitrogens is 1. The van der Waals surface area contributed by atoms with E-state index in [2.05, 4.69) is 36.3 Å². The first-order chi connectivity index (χ1) is 9.63. The molecule has 1 aromatic carbocycles. The monoisotopic (exact) mass is 270 g/mol. The fourth-order valence-electron chi connectivity index (χ4n) is 3.23. The number of carbonyl (C=O) groups is 1. The lowest BCUT2D eigenvalue weighted by Gasteiger charge is -2.31. The molecule has 0 aliphatic carbocycles. The van der Waals surface area contributed by atoms with Crippen LogP contribution >= 0.6 is 0 Å². The van der Waals surface area contributed by atoms with E-state index in [1.165, 1.54) is 22.0 Å². The van der Waals surface area contributed by atoms with Crippen LogP contribution in [0.25, 0.3) is 10.9 Å². The lowest BCUT2D eigenvalue weighted by atomic mass is 9.90. The molecule has 1 aliphatic heterocycles. The van der Waals surface area contributed by atoms with Crippen LogP contribution in [0, 0.1) is 12.8 Å². The van der Waals surface area contributed by atoms with Crippen molar-refractivity contribution in [3.63, 3.8) is 0 Å². The van der Waals surface area contributed by atoms with Crippen molar-refractivity contribution in [3.05, 3.63) is 35.5 Å². The molecule has 0 saturated carbocycles. The SMILES string of the molecule is CC(=O)N1CCC(Cc2c[nH]c3cc(C)ccc23)CC1. The van der Waals surface area contributed by atoms with Gasteiger partial charge in [0.05, 0.1) is 0 Å². The average Bonchev–Trinajstić information content (AvgIpc) is 2.81. The summed E-state index contributed by atoms with van der Waals surface area (Å²) < 4.78 is 0. The van der Waals surface area contributed by atoms with Gasteiger partial charge in [-0.05, 0) is 49.3 Å². The molecule has 1 amide bonds. The van der Waals surface area contributed by atoms with Gasteiger partial charge >= 0.3 is 0 Å². The third kappa shape index (κ3) is 2.58. The summed E-state index contributed by atoms with van der Waals surface area (Å²) in [6.45, 7) is 5.63. The van der Waals surface area contributed by atoms with E-state index >= 15 is 0 Å². The lowest BCUT2D eigenvalue weighted by Crippen LogP contribution is -2.37. The van der Waals surface area contributed by atoms with Gasteiger partial charge in [-0.15, -0.1) is 0 Å². The highest BCUT2D eigenvalue weighted by Gasteiger charge is 2.21. The predicted molar refractivity (Wildman–Crippen MR) is 81.7 cm³/mol. The number of likely N-dealkylation sites (tertiary alicyclic amines) is 1. The molecule has 0 spiro atoms. The quantitative estimate of drug-likeness (QED) is 0.893. The summed E-state index contributed by atoms with van der Waals surface area (Å²) in [6, 6.07) is 6.61. The van der Waals surface area contributed by atoms with Crippen molar-refractivity contribution in [1.29, 1.82) is 0 Å². The number of aryl methyl sites for hydroxylation is 1. The van der Waals surface area contributed by atoms with Crippen molar-refractivity contribution in [3.8, 4) is 0 Å². The number of hydrogen-bond donors (Lipinski definition) is 1. The largest absolute Gasteiger partial charge is 0.361 e. The van der Waals surface area contributed by atoms with E-state index in [-0.39, 0.29) is 5.91 Å². The Morgan fingerprint density at radius 2 is 2.10 bits per heavy atom. The minimum Gasteiger partial charge on any atom is -0.361 e. The fraction of sp³-hybridized carbons (Fsp3) is 0.471. The molecule has 3 nitrogen and oxygen atoms in total. The second-order valence-corrected chi connectivity index (χ2v) is 6.02. The molecule has 2 aromatic rings. The second-order valence-electron chi connectivity index (χ2n) is 6.02. The highest BCUT2D eigenvalue weighted by atomic mass is 16.2. The standard InChI is InChI=1S/C17H22N2O/c1-12-3-4-16-15(11-18-17(16)9-12)10-14-5-7-19(8-6-14)13(2)20/h3-4,9,11,14,18H,5-8,10H2,1-2H3. The number of nitrogens with one attached hydrogen (secondary N) is 1. The molecule has 1 N–H and O–H groups in total. The Morgan fingerprint density at radius 3 is 2.80 bits per heavy atom. The molecule has 3 rings (SSSR count). The second kappa shape index (κ2) is 5.31. The predicted octanol–water partition coefficient (Wildman–Crippen LogP) is 3.28. The van der Waals surface area contributed by atoms with Crippen LogP contribution in [0.4, 0.5) is 0 Å². The Balaban J connectivity index is 1.70. The summed E-state index contributed by atoms with van der Waals surface area (Å²) in [5, 5.41) is 1.35. The Hall–Kier alpha value is -1.77. The van der Waals surface area contributed by atoms with E-state index in [9.17, 15) is 4.79 Å². The zero-order valence-corrected chi connectivity index (χ0v) is 12.3. The number of benzene rings is 1. The Morgan fingerprint density at radius 1 is 1.35 bits per heavy atom. The first kappa shape index (κ1) is 13.2. The van der Waals surface area contributed by atoms with Crippen LogP contribution < -0.4 is 0 Å². The van der Waals surface area contributed by atoms with Crippen LogP contribution in [0.3, 0.4) is 0 Å². The van der Waals surface area contributed by atoms with Crippen molar-refractivity contribution in [1.82, 2.24) is 9.88 Å². The molecular formula is C17H22N2O. The van der Waals surface area contributed by atoms with Crippen LogP contribution in [0.1, 0.15) is 30.9 Å². The minimum atomic E-state index is 0.214. The van der Waals surface area contributed by atoms with Crippen LogP contribution in [0.2, 0.25) is 0 Å². The van der Waals surface area contributed by atoms with Gasteiger partial charge in [-0.25, -0.2) is 0 Å². The number of aromatic amines is 1. The summed E-state index contributed by atoms with van der Waals surface area (Å²) in [6.07, 6.45) is 5.52. The first-order valence-corrected chi connectivity index (χ1v) is 7.45. The van der Waals surface area contributed by atoms with Crippen molar-refractivity contribution in [2.24, 2.45) is 5.92 Å². The van der Waals surface area contributed by atoms with Gasteiger partial charge in [-0.2, -0.15) is 0 Å². The van der Waals surface area contributed by atoms with Gasteiger partial charge in [-0.3, -0.25) is 4.79 Å². The number of rotatable bonds is 2. The van der Waals surface area contributed by atoms with Crippen molar-refractivity contribution >= 4 is 16.8 Å². The number of piperidine rings is 1. The summed E-state index contributed by atoms with van der Waals surface area (Å²) in [5.74, 6) is 0.914. The summed E-state index contributed by atoms with van der Waals surface area (Å²) in [7, 11) is 0. The summed E-state index contributed by atoms with van der Waals surface area (Å²) >= 11 is 0. The maximum Gasteiger partial charge on any atom is 0.219 e. The lowest BCUT2D eigenvalue weighted by molar-refractivity contribution is -0.130. The zero-order valence-electron chi connectivity index (χ0n) is 12.3. The molecule has 0 bridgehead atoms. The van der Waals surface area contributed by atoms with Crippen molar-refractivity contribution in [2.45, 2.75) is 33.1 Å². The average molecular weight is 270 g/mol. The number of hydrogen-bond acceptors (Lipinski definition) is 1. The number of nitrogens with zero attached hydrogens (tertiary/aromatic N) is 1. The van der Waals surface area contributed by atoms with Gasteiger partial charge < -0.3 is 9.88 Å². The minimum absolute atomic E-state index is 0.214. The van der Waals surface area contributed by atoms with E-state index in [1.807, 2.05) is 4.90 Å². The molecule has 3 heteroatoms. The number of aromatic nitrogens is 1. The number of amides is 1. The molecule has 0 unspecified atom stereocenters. The number of carbonyl (C=O) groups excluding carboxylic acids is 1. The molecule has 20 heavy (non-hydrogen) atoms. The maximum atomic E-state index is 11.4. The van der Waals surface area contributed by atoms with Gasteiger partial charge in [0.2, 0.25) is 5.91 Å². The van der Waals surface area contributed by atoms with Crippen LogP contribution in [0.15, 0.2) is 24.4 Å². The van der Waals surface area contributed by atoms with E-state index in [1.54, 1.807) is 6.92 Å². The smallest absolute Gasteiger partial charge is 0.219 e. The molecule has 2 heterocycles. The van der Waals surface area contributed by atoms with E-state index in [4.69, 9.17) is 0 Å². The Kier molecular flexibility index (Phi) is 3.51. The topological polar surface area (TPSA) is 36.1 Å². The van der Waals surface area contributed by atoms with Crippen LogP contribution in [-0.2, 0) is 11.2 Å². The summed E-state index contributed by atoms with van der Waals surface area (Å²) in [4.78, 5) is 16.7. The zero-order chi connectivity index (χ0) is 14.1. The molecule has 1 saturated heterocycles. The molecule has 0 radical (unpaired) electrons. The van der Waals surface area contributed by atoms with Gasteiger partial charge in [0.15, 0.2) is 0 Å². The molecule has 0 atom stereocenters. The molecular weight excluding hydrogens is 248 g/mol. The van der Waals surface area contributed by atoms with Gasteiger partial charge in [0, 0.05) is 37.1 Å². The molecule has 1 aliphatic rings. The van der Waals surface area contributed by atoms with E-state index in [0.29, 0.717) is 5.92 Å². The highest BCUT2D eigenvalue weighted by Crippen LogP contribution is 2.26. The molecule has 1 fully saturated rings. The summed E-state index contributed by atoms with van der Waals surface area (Å²) in [5.41, 5.74) is 3.95. The van der Waals surface area contributed by atoms with Crippen molar-refractivity contribution in [2.75, 3.05) is 13.1 Å². The van der Waals surface area contributed by atoms with Gasteiger partial charge in [-0.1, -0.05) is 12.1 Å². The molecule has 1 aromatic heterocycles. The third-order valence-corrected chi connectivity index (χ3v) is 4.49. The van der Waals surface area contributed by atoms with E-state index < -0.39 is 0 Å². The maximum absolute atomic E-state index is 11.4. The van der Waals surface area contributed by atoms with E-state index in [0.717, 1.165) is 32.4 Å². The normalized spacial score (nSPS) is 16.8. The highest BCUT2D eigenvalue weighted by molar-refractivity contribution is 5.83. The van der Waals surface area contributed by atoms with Crippen molar-refractivity contribution < 1.29 is 4.79 Å². The van der Waals surface area contributed by atoms with Crippen LogP contribution in [-0.4, -0.2) is 28.9 Å². The first-order valence-electron chi connectivity index (χ1n) is 7.45. The Labute approximate surface area is 120 Å². The Bertz CT molecular complexity index is 621. The fourth-order valence-corrected chi connectivity index (χ4v) is 3.23. The number of fused-ring (bicyclic) bond motifs is 1. The van der Waals surface area contributed by atoms with Gasteiger partial charge in [0.1, 0.15) is 0 Å². The van der Waals surface area contributed by atoms with Gasteiger partial charge in [0.25, 0.3) is 0 Å².